The van der Waals surface area contributed by atoms with Gasteiger partial charge in [0.25, 0.3) is 0 Å². The van der Waals surface area contributed by atoms with Crippen LogP contribution < -0.4 is 4.74 Å². The molecule has 0 aliphatic heterocycles. The number of hydrogen-bond donors (Lipinski definition) is 2. The van der Waals surface area contributed by atoms with E-state index in [9.17, 15) is 23.8 Å². The highest BCUT2D eigenvalue weighted by Gasteiger charge is 2.28. The Hall–Kier alpha value is -2.27. The summed E-state index contributed by atoms with van der Waals surface area (Å²) in [5.74, 6) is -1.44. The standard InChI is InChI=1S/C17H22F2O8/c1-23-7-8-25-10-27-15(16(18)19)14(21)13(20)9-26-17(22)11-3-5-12(24-2)6-4-11/h3-6,13-14,20-21H,7-10H2,1-2H3/t13-,14+/m1/s1. The number of esters is 1. The van der Waals surface area contributed by atoms with Crippen LogP contribution in [0.4, 0.5) is 8.78 Å². The van der Waals surface area contributed by atoms with Crippen LogP contribution in [0.25, 0.3) is 0 Å². The molecule has 0 aliphatic carbocycles. The van der Waals surface area contributed by atoms with E-state index in [-0.39, 0.29) is 18.8 Å². The van der Waals surface area contributed by atoms with Crippen LogP contribution in [0.5, 0.6) is 5.75 Å². The molecule has 0 radical (unpaired) electrons. The van der Waals surface area contributed by atoms with Crippen molar-refractivity contribution in [3.8, 4) is 5.75 Å². The molecule has 0 bridgehead atoms. The van der Waals surface area contributed by atoms with E-state index in [1.807, 2.05) is 0 Å². The molecule has 0 aliphatic rings. The minimum Gasteiger partial charge on any atom is -0.497 e. The Kier molecular flexibility index (Phi) is 10.3. The van der Waals surface area contributed by atoms with Crippen molar-refractivity contribution in [2.75, 3.05) is 40.8 Å². The van der Waals surface area contributed by atoms with Crippen LogP contribution in [0.3, 0.4) is 0 Å². The number of methoxy groups -OCH3 is 2. The van der Waals surface area contributed by atoms with Crippen molar-refractivity contribution < 1.29 is 47.5 Å². The van der Waals surface area contributed by atoms with E-state index < -0.39 is 43.4 Å². The summed E-state index contributed by atoms with van der Waals surface area (Å²) in [6.45, 7) is -0.981. The molecule has 10 heteroatoms. The predicted octanol–water partition coefficient (Wildman–Crippen LogP) is 1.32. The minimum atomic E-state index is -2.33. The fraction of sp³-hybridized carbons (Fsp3) is 0.471. The molecule has 152 valence electrons. The summed E-state index contributed by atoms with van der Waals surface area (Å²) in [6, 6.07) is 5.91. The SMILES string of the molecule is COCCOCOC(=C(F)F)[C@@H](O)[C@H](O)COC(=O)c1ccc(OC)cc1. The van der Waals surface area contributed by atoms with Crippen molar-refractivity contribution >= 4 is 5.97 Å². The maximum absolute atomic E-state index is 12.9. The van der Waals surface area contributed by atoms with E-state index in [0.29, 0.717) is 5.75 Å². The maximum Gasteiger partial charge on any atom is 0.338 e. The van der Waals surface area contributed by atoms with E-state index in [1.54, 1.807) is 0 Å². The fourth-order valence-electron chi connectivity index (χ4n) is 1.80. The Labute approximate surface area is 154 Å². The molecule has 0 saturated heterocycles. The van der Waals surface area contributed by atoms with Gasteiger partial charge >= 0.3 is 12.0 Å². The van der Waals surface area contributed by atoms with Gasteiger partial charge in [0, 0.05) is 7.11 Å². The summed E-state index contributed by atoms with van der Waals surface area (Å²) >= 11 is 0. The highest BCUT2D eigenvalue weighted by atomic mass is 19.3. The highest BCUT2D eigenvalue weighted by molar-refractivity contribution is 5.89. The van der Waals surface area contributed by atoms with Gasteiger partial charge in [0.2, 0.25) is 0 Å². The van der Waals surface area contributed by atoms with Crippen LogP contribution in [0.1, 0.15) is 10.4 Å². The Morgan fingerprint density at radius 1 is 1.07 bits per heavy atom. The van der Waals surface area contributed by atoms with Gasteiger partial charge in [-0.3, -0.25) is 0 Å². The normalized spacial score (nSPS) is 12.8. The molecule has 0 aromatic heterocycles. The molecule has 0 saturated carbocycles. The first-order valence-electron chi connectivity index (χ1n) is 7.82. The summed E-state index contributed by atoms with van der Waals surface area (Å²) in [4.78, 5) is 11.9. The average Bonchev–Trinajstić information content (AvgIpc) is 2.67. The summed E-state index contributed by atoms with van der Waals surface area (Å²) in [6.07, 6.45) is -6.27. The molecular weight excluding hydrogens is 370 g/mol. The van der Waals surface area contributed by atoms with Gasteiger partial charge in [0.05, 0.1) is 25.9 Å². The van der Waals surface area contributed by atoms with Gasteiger partial charge < -0.3 is 33.9 Å². The largest absolute Gasteiger partial charge is 0.497 e. The average molecular weight is 392 g/mol. The molecule has 0 amide bonds. The van der Waals surface area contributed by atoms with Crippen LogP contribution in [0, 0.1) is 0 Å². The maximum atomic E-state index is 12.9. The number of aliphatic hydroxyl groups is 2. The lowest BCUT2D eigenvalue weighted by molar-refractivity contribution is -0.0828. The molecule has 0 heterocycles. The van der Waals surface area contributed by atoms with Crippen LogP contribution in [0.2, 0.25) is 0 Å². The second-order valence-corrected chi connectivity index (χ2v) is 5.13. The Balaban J connectivity index is 2.53. The summed E-state index contributed by atoms with van der Waals surface area (Å²) in [7, 11) is 2.90. The first-order chi connectivity index (χ1) is 12.9. The van der Waals surface area contributed by atoms with Crippen LogP contribution >= 0.6 is 0 Å². The first kappa shape index (κ1) is 22.8. The van der Waals surface area contributed by atoms with Crippen LogP contribution in [-0.2, 0) is 18.9 Å². The molecule has 0 spiro atoms. The molecule has 0 fully saturated rings. The third-order valence-electron chi connectivity index (χ3n) is 3.26. The zero-order chi connectivity index (χ0) is 20.2. The quantitative estimate of drug-likeness (QED) is 0.238. The topological polar surface area (TPSA) is 104 Å². The summed E-state index contributed by atoms with van der Waals surface area (Å²) < 4.78 is 49.8. The third kappa shape index (κ3) is 7.87. The van der Waals surface area contributed by atoms with Gasteiger partial charge in [0.1, 0.15) is 24.6 Å². The Morgan fingerprint density at radius 2 is 1.74 bits per heavy atom. The monoisotopic (exact) mass is 392 g/mol. The Bertz CT molecular complexity index is 601. The minimum absolute atomic E-state index is 0.0931. The van der Waals surface area contributed by atoms with Crippen molar-refractivity contribution in [3.63, 3.8) is 0 Å². The number of ether oxygens (including phenoxy) is 5. The lowest BCUT2D eigenvalue weighted by Crippen LogP contribution is -2.34. The fourth-order valence-corrected chi connectivity index (χ4v) is 1.80. The molecule has 1 aromatic rings. The number of benzene rings is 1. The van der Waals surface area contributed by atoms with Crippen LogP contribution in [0.15, 0.2) is 36.1 Å². The van der Waals surface area contributed by atoms with Gasteiger partial charge in [-0.2, -0.15) is 8.78 Å². The number of aliphatic hydroxyl groups excluding tert-OH is 2. The molecule has 0 unspecified atom stereocenters. The number of carbonyl (C=O) groups is 1. The molecule has 2 atom stereocenters. The molecule has 1 rings (SSSR count). The van der Waals surface area contributed by atoms with E-state index in [4.69, 9.17) is 18.9 Å². The highest BCUT2D eigenvalue weighted by Crippen LogP contribution is 2.18. The van der Waals surface area contributed by atoms with Crippen LogP contribution in [-0.4, -0.2) is 69.2 Å². The number of rotatable bonds is 12. The second kappa shape index (κ2) is 12.2. The van der Waals surface area contributed by atoms with E-state index >= 15 is 0 Å². The van der Waals surface area contributed by atoms with Gasteiger partial charge in [0.15, 0.2) is 12.6 Å². The van der Waals surface area contributed by atoms with Gasteiger partial charge in [-0.25, -0.2) is 4.79 Å². The summed E-state index contributed by atoms with van der Waals surface area (Å²) in [5, 5.41) is 19.6. The first-order valence-corrected chi connectivity index (χ1v) is 7.82. The molecule has 8 nitrogen and oxygen atoms in total. The van der Waals surface area contributed by atoms with Crippen molar-refractivity contribution in [2.24, 2.45) is 0 Å². The second-order valence-electron chi connectivity index (χ2n) is 5.13. The van der Waals surface area contributed by atoms with Gasteiger partial charge in [-0.1, -0.05) is 0 Å². The number of hydrogen-bond acceptors (Lipinski definition) is 8. The molecular formula is C17H22F2O8. The van der Waals surface area contributed by atoms with E-state index in [2.05, 4.69) is 4.74 Å². The third-order valence-corrected chi connectivity index (χ3v) is 3.26. The van der Waals surface area contributed by atoms with Crippen molar-refractivity contribution in [1.82, 2.24) is 0 Å². The number of carbonyl (C=O) groups excluding carboxylic acids is 1. The van der Waals surface area contributed by atoms with Gasteiger partial charge in [-0.05, 0) is 24.3 Å². The smallest absolute Gasteiger partial charge is 0.338 e. The van der Waals surface area contributed by atoms with Crippen molar-refractivity contribution in [1.29, 1.82) is 0 Å². The predicted molar refractivity (Wildman–Crippen MR) is 88.3 cm³/mol. The van der Waals surface area contributed by atoms with E-state index in [0.717, 1.165) is 0 Å². The van der Waals surface area contributed by atoms with Crippen molar-refractivity contribution in [2.45, 2.75) is 12.2 Å². The molecule has 27 heavy (non-hydrogen) atoms. The Morgan fingerprint density at radius 3 is 2.30 bits per heavy atom. The van der Waals surface area contributed by atoms with E-state index in [1.165, 1.54) is 38.5 Å². The number of halogens is 2. The zero-order valence-electron chi connectivity index (χ0n) is 14.9. The zero-order valence-corrected chi connectivity index (χ0v) is 14.9. The van der Waals surface area contributed by atoms with Crippen molar-refractivity contribution in [3.05, 3.63) is 41.7 Å². The summed E-state index contributed by atoms with van der Waals surface area (Å²) in [5.41, 5.74) is 0.160. The molecule has 2 N–H and O–H groups in total. The lowest BCUT2D eigenvalue weighted by atomic mass is 10.2. The van der Waals surface area contributed by atoms with Gasteiger partial charge in [-0.15, -0.1) is 0 Å². The lowest BCUT2D eigenvalue weighted by Gasteiger charge is -2.20. The molecule has 1 aromatic carbocycles.